The molecular formula is C18H23N5O2. The molecule has 2 N–H and O–H groups in total. The standard InChI is InChI=1S/C18H23N5O2/c1-13(17-8-9-19-12-21-17)23(3)11-18(25)20-10-15-4-6-16(7-5-15)22-14(2)24/h4-9,12-13H,10-11H2,1-3H3,(H,20,25)(H,22,24). The summed E-state index contributed by atoms with van der Waals surface area (Å²) >= 11 is 0. The highest BCUT2D eigenvalue weighted by atomic mass is 16.2. The van der Waals surface area contributed by atoms with E-state index in [1.165, 1.54) is 13.3 Å². The largest absolute Gasteiger partial charge is 0.351 e. The van der Waals surface area contributed by atoms with E-state index in [2.05, 4.69) is 20.6 Å². The van der Waals surface area contributed by atoms with Gasteiger partial charge in [-0.15, -0.1) is 0 Å². The number of hydrogen-bond acceptors (Lipinski definition) is 5. The van der Waals surface area contributed by atoms with Crippen molar-refractivity contribution >= 4 is 17.5 Å². The fraction of sp³-hybridized carbons (Fsp3) is 0.333. The monoisotopic (exact) mass is 341 g/mol. The molecule has 0 aliphatic carbocycles. The average molecular weight is 341 g/mol. The number of anilines is 1. The molecule has 0 saturated heterocycles. The molecule has 7 nitrogen and oxygen atoms in total. The van der Waals surface area contributed by atoms with Gasteiger partial charge in [-0.25, -0.2) is 9.97 Å². The summed E-state index contributed by atoms with van der Waals surface area (Å²) in [5, 5.41) is 5.60. The van der Waals surface area contributed by atoms with E-state index in [-0.39, 0.29) is 24.4 Å². The van der Waals surface area contributed by atoms with Gasteiger partial charge in [-0.3, -0.25) is 14.5 Å². The van der Waals surface area contributed by atoms with Gasteiger partial charge in [-0.05, 0) is 37.7 Å². The Morgan fingerprint density at radius 1 is 1.20 bits per heavy atom. The van der Waals surface area contributed by atoms with Gasteiger partial charge in [0.15, 0.2) is 0 Å². The van der Waals surface area contributed by atoms with E-state index in [9.17, 15) is 9.59 Å². The topological polar surface area (TPSA) is 87.2 Å². The van der Waals surface area contributed by atoms with Crippen LogP contribution in [0.25, 0.3) is 0 Å². The van der Waals surface area contributed by atoms with Crippen molar-refractivity contribution < 1.29 is 9.59 Å². The maximum atomic E-state index is 12.1. The first-order valence-electron chi connectivity index (χ1n) is 8.05. The first kappa shape index (κ1) is 18.5. The van der Waals surface area contributed by atoms with E-state index in [1.807, 2.05) is 49.2 Å². The molecule has 0 spiro atoms. The number of aromatic nitrogens is 2. The Hall–Kier alpha value is -2.80. The number of carbonyl (C=O) groups is 2. The van der Waals surface area contributed by atoms with Gasteiger partial charge in [-0.2, -0.15) is 0 Å². The van der Waals surface area contributed by atoms with Crippen molar-refractivity contribution in [3.8, 4) is 0 Å². The van der Waals surface area contributed by atoms with Gasteiger partial charge in [0.25, 0.3) is 0 Å². The SMILES string of the molecule is CC(=O)Nc1ccc(CNC(=O)CN(C)C(C)c2ccncn2)cc1. The average Bonchev–Trinajstić information content (AvgIpc) is 2.60. The van der Waals surface area contributed by atoms with Gasteiger partial charge < -0.3 is 10.6 Å². The molecule has 2 aromatic rings. The van der Waals surface area contributed by atoms with Crippen LogP contribution in [0.2, 0.25) is 0 Å². The second-order valence-corrected chi connectivity index (χ2v) is 5.88. The minimum atomic E-state index is -0.109. The molecule has 0 aliphatic rings. The van der Waals surface area contributed by atoms with Crippen LogP contribution in [-0.2, 0) is 16.1 Å². The van der Waals surface area contributed by atoms with Crippen molar-refractivity contribution in [1.29, 1.82) is 0 Å². The van der Waals surface area contributed by atoms with Crippen LogP contribution in [0.4, 0.5) is 5.69 Å². The Labute approximate surface area is 147 Å². The fourth-order valence-corrected chi connectivity index (χ4v) is 2.30. The van der Waals surface area contributed by atoms with Crippen LogP contribution in [0.1, 0.15) is 31.1 Å². The summed E-state index contributed by atoms with van der Waals surface area (Å²) in [5.41, 5.74) is 2.58. The van der Waals surface area contributed by atoms with Crippen molar-refractivity contribution in [2.24, 2.45) is 0 Å². The molecule has 0 radical (unpaired) electrons. The molecule has 7 heteroatoms. The summed E-state index contributed by atoms with van der Waals surface area (Å²) in [4.78, 5) is 33.2. The predicted octanol–water partition coefficient (Wildman–Crippen LogP) is 1.74. The van der Waals surface area contributed by atoms with Crippen LogP contribution in [-0.4, -0.2) is 40.3 Å². The first-order chi connectivity index (χ1) is 12.0. The smallest absolute Gasteiger partial charge is 0.234 e. The van der Waals surface area contributed by atoms with Crippen molar-refractivity contribution in [2.75, 3.05) is 18.9 Å². The lowest BCUT2D eigenvalue weighted by molar-refractivity contribution is -0.122. The van der Waals surface area contributed by atoms with E-state index in [4.69, 9.17) is 0 Å². The van der Waals surface area contributed by atoms with E-state index >= 15 is 0 Å². The molecule has 0 fully saturated rings. The lowest BCUT2D eigenvalue weighted by Crippen LogP contribution is -2.36. The van der Waals surface area contributed by atoms with E-state index in [0.717, 1.165) is 16.9 Å². The number of nitrogens with one attached hydrogen (secondary N) is 2. The van der Waals surface area contributed by atoms with Gasteiger partial charge in [0, 0.05) is 31.4 Å². The molecular weight excluding hydrogens is 318 g/mol. The minimum absolute atomic E-state index is 0.0192. The van der Waals surface area contributed by atoms with Crippen LogP contribution < -0.4 is 10.6 Å². The highest BCUT2D eigenvalue weighted by molar-refractivity contribution is 5.88. The maximum Gasteiger partial charge on any atom is 0.234 e. The summed E-state index contributed by atoms with van der Waals surface area (Å²) < 4.78 is 0. The number of benzene rings is 1. The van der Waals surface area contributed by atoms with Crippen molar-refractivity contribution in [1.82, 2.24) is 20.2 Å². The molecule has 1 atom stereocenters. The molecule has 1 aromatic carbocycles. The molecule has 1 aromatic heterocycles. The predicted molar refractivity (Wildman–Crippen MR) is 95.7 cm³/mol. The summed E-state index contributed by atoms with van der Waals surface area (Å²) in [6, 6.07) is 9.23. The zero-order valence-corrected chi connectivity index (χ0v) is 14.7. The quantitative estimate of drug-likeness (QED) is 0.801. The number of carbonyl (C=O) groups excluding carboxylic acids is 2. The van der Waals surface area contributed by atoms with E-state index in [1.54, 1.807) is 6.20 Å². The van der Waals surface area contributed by atoms with E-state index < -0.39 is 0 Å². The first-order valence-corrected chi connectivity index (χ1v) is 8.05. The Bertz CT molecular complexity index is 703. The molecule has 132 valence electrons. The Balaban J connectivity index is 1.81. The normalized spacial score (nSPS) is 11.8. The second-order valence-electron chi connectivity index (χ2n) is 5.88. The van der Waals surface area contributed by atoms with Gasteiger partial charge in [0.2, 0.25) is 11.8 Å². The molecule has 25 heavy (non-hydrogen) atoms. The highest BCUT2D eigenvalue weighted by Crippen LogP contribution is 2.14. The molecule has 0 saturated carbocycles. The number of hydrogen-bond donors (Lipinski definition) is 2. The van der Waals surface area contributed by atoms with Crippen molar-refractivity contribution in [2.45, 2.75) is 26.4 Å². The molecule has 0 aliphatic heterocycles. The zero-order chi connectivity index (χ0) is 18.2. The van der Waals surface area contributed by atoms with Crippen molar-refractivity contribution in [3.05, 3.63) is 54.1 Å². The minimum Gasteiger partial charge on any atom is -0.351 e. The van der Waals surface area contributed by atoms with E-state index in [0.29, 0.717) is 6.54 Å². The Morgan fingerprint density at radius 3 is 2.52 bits per heavy atom. The lowest BCUT2D eigenvalue weighted by Gasteiger charge is -2.23. The third-order valence-corrected chi connectivity index (χ3v) is 3.85. The van der Waals surface area contributed by atoms with Crippen molar-refractivity contribution in [3.63, 3.8) is 0 Å². The van der Waals surface area contributed by atoms with Gasteiger partial charge >= 0.3 is 0 Å². The van der Waals surface area contributed by atoms with Crippen LogP contribution in [0.5, 0.6) is 0 Å². The summed E-state index contributed by atoms with van der Waals surface area (Å²) in [6.45, 7) is 4.17. The van der Waals surface area contributed by atoms with Gasteiger partial charge in [-0.1, -0.05) is 12.1 Å². The Kier molecular flexibility index (Phi) is 6.59. The molecule has 2 rings (SSSR count). The third kappa shape index (κ3) is 5.96. The molecule has 0 bridgehead atoms. The summed E-state index contributed by atoms with van der Waals surface area (Å²) in [7, 11) is 1.88. The van der Waals surface area contributed by atoms with Crippen LogP contribution in [0.15, 0.2) is 42.9 Å². The molecule has 1 unspecified atom stereocenters. The van der Waals surface area contributed by atoms with Crippen LogP contribution in [0, 0.1) is 0 Å². The van der Waals surface area contributed by atoms with Gasteiger partial charge in [0.1, 0.15) is 6.33 Å². The number of rotatable bonds is 7. The molecule has 1 heterocycles. The number of nitrogens with zero attached hydrogens (tertiary/aromatic N) is 3. The van der Waals surface area contributed by atoms with Gasteiger partial charge in [0.05, 0.1) is 12.2 Å². The number of likely N-dealkylation sites (N-methyl/N-ethyl adjacent to an activating group) is 1. The van der Waals surface area contributed by atoms with Crippen LogP contribution in [0.3, 0.4) is 0 Å². The lowest BCUT2D eigenvalue weighted by atomic mass is 10.2. The highest BCUT2D eigenvalue weighted by Gasteiger charge is 2.15. The maximum absolute atomic E-state index is 12.1. The third-order valence-electron chi connectivity index (χ3n) is 3.85. The van der Waals surface area contributed by atoms with Crippen LogP contribution >= 0.6 is 0 Å². The summed E-state index contributed by atoms with van der Waals surface area (Å²) in [6.07, 6.45) is 3.20. The Morgan fingerprint density at radius 2 is 1.92 bits per heavy atom. The fourth-order valence-electron chi connectivity index (χ4n) is 2.30. The summed E-state index contributed by atoms with van der Waals surface area (Å²) in [5.74, 6) is -0.170. The molecule has 2 amide bonds. The second kappa shape index (κ2) is 8.89. The zero-order valence-electron chi connectivity index (χ0n) is 14.7. The number of amides is 2.